The molecule has 4 amide bonds. The molecule has 2 heterocycles. The third-order valence-corrected chi connectivity index (χ3v) is 7.18. The average Bonchev–Trinajstić information content (AvgIpc) is 2.84. The Hall–Kier alpha value is -3.59. The van der Waals surface area contributed by atoms with Crippen LogP contribution in [0.15, 0.2) is 48.5 Å². The molecular weight excluding hydrogens is 460 g/mol. The van der Waals surface area contributed by atoms with E-state index in [1.54, 1.807) is 42.3 Å². The van der Waals surface area contributed by atoms with Gasteiger partial charge in [-0.05, 0) is 62.4 Å². The van der Waals surface area contributed by atoms with Crippen LogP contribution in [0.25, 0.3) is 0 Å². The molecule has 0 unspecified atom stereocenters. The number of urea groups is 1. The van der Waals surface area contributed by atoms with Crippen LogP contribution in [0.5, 0.6) is 5.75 Å². The zero-order valence-corrected chi connectivity index (χ0v) is 20.4. The third kappa shape index (κ3) is 5.46. The highest BCUT2D eigenvalue weighted by molar-refractivity contribution is 6.02. The summed E-state index contributed by atoms with van der Waals surface area (Å²) < 4.78 is 12.3. The molecule has 0 aromatic heterocycles. The van der Waals surface area contributed by atoms with E-state index in [1.165, 1.54) is 6.42 Å². The van der Waals surface area contributed by atoms with Gasteiger partial charge in [-0.1, -0.05) is 18.2 Å². The first-order valence-electron chi connectivity index (χ1n) is 12.6. The summed E-state index contributed by atoms with van der Waals surface area (Å²) in [7, 11) is 1.77. The lowest BCUT2D eigenvalue weighted by molar-refractivity contribution is -0.135. The minimum Gasteiger partial charge on any atom is -0.490 e. The fourth-order valence-corrected chi connectivity index (χ4v) is 4.97. The maximum absolute atomic E-state index is 13.4. The summed E-state index contributed by atoms with van der Waals surface area (Å²) in [6.07, 6.45) is 4.52. The first-order valence-corrected chi connectivity index (χ1v) is 12.6. The molecule has 3 atom stereocenters. The molecule has 2 fully saturated rings. The van der Waals surface area contributed by atoms with Crippen LogP contribution in [0.1, 0.15) is 48.9 Å². The lowest BCUT2D eigenvalue weighted by Gasteiger charge is -2.42. The second kappa shape index (κ2) is 10.6. The van der Waals surface area contributed by atoms with Crippen LogP contribution in [-0.4, -0.2) is 60.7 Å². The summed E-state index contributed by atoms with van der Waals surface area (Å²) in [6, 6.07) is 13.9. The highest BCUT2D eigenvalue weighted by atomic mass is 16.5. The number of hydrogen-bond acceptors (Lipinski definition) is 5. The molecule has 0 bridgehead atoms. The van der Waals surface area contributed by atoms with E-state index in [9.17, 15) is 14.4 Å². The largest absolute Gasteiger partial charge is 0.490 e. The molecular formula is C27H32N4O5. The van der Waals surface area contributed by atoms with Crippen molar-refractivity contribution in [3.8, 4) is 5.75 Å². The van der Waals surface area contributed by atoms with Gasteiger partial charge in [-0.15, -0.1) is 0 Å². The van der Waals surface area contributed by atoms with E-state index >= 15 is 0 Å². The van der Waals surface area contributed by atoms with Crippen molar-refractivity contribution in [2.45, 2.75) is 62.8 Å². The number of amides is 4. The predicted molar refractivity (Wildman–Crippen MR) is 135 cm³/mol. The number of nitrogens with one attached hydrogen (secondary N) is 3. The Bertz CT molecular complexity index is 1120. The van der Waals surface area contributed by atoms with Crippen LogP contribution < -0.4 is 20.7 Å². The number of ether oxygens (including phenoxy) is 2. The van der Waals surface area contributed by atoms with Crippen molar-refractivity contribution in [2.75, 3.05) is 24.3 Å². The highest BCUT2D eigenvalue weighted by Gasteiger charge is 2.39. The smallest absolute Gasteiger partial charge is 0.323 e. The van der Waals surface area contributed by atoms with E-state index in [0.717, 1.165) is 19.3 Å². The molecule has 36 heavy (non-hydrogen) atoms. The van der Waals surface area contributed by atoms with Crippen molar-refractivity contribution in [1.82, 2.24) is 10.2 Å². The van der Waals surface area contributed by atoms with Gasteiger partial charge in [0.25, 0.3) is 5.91 Å². The van der Waals surface area contributed by atoms with Gasteiger partial charge in [0.1, 0.15) is 18.5 Å². The average molecular weight is 493 g/mol. The van der Waals surface area contributed by atoms with Crippen molar-refractivity contribution in [3.63, 3.8) is 0 Å². The van der Waals surface area contributed by atoms with Crippen molar-refractivity contribution < 1.29 is 23.9 Å². The Morgan fingerprint density at radius 1 is 1.00 bits per heavy atom. The lowest BCUT2D eigenvalue weighted by atomic mass is 9.92. The van der Waals surface area contributed by atoms with Gasteiger partial charge in [-0.3, -0.25) is 9.59 Å². The number of para-hydroxylation sites is 1. The molecule has 2 aliphatic heterocycles. The maximum atomic E-state index is 13.4. The van der Waals surface area contributed by atoms with E-state index < -0.39 is 6.03 Å². The Kier molecular flexibility index (Phi) is 7.09. The summed E-state index contributed by atoms with van der Waals surface area (Å²) in [5, 5.41) is 8.61. The Morgan fingerprint density at radius 2 is 1.78 bits per heavy atom. The van der Waals surface area contributed by atoms with Crippen molar-refractivity contribution >= 4 is 29.2 Å². The van der Waals surface area contributed by atoms with Gasteiger partial charge in [-0.2, -0.15) is 0 Å². The minimum absolute atomic E-state index is 0.0287. The van der Waals surface area contributed by atoms with Gasteiger partial charge in [0.15, 0.2) is 0 Å². The number of likely N-dealkylation sites (N-methyl/N-ethyl adjacent to an activating group) is 1. The molecule has 9 heteroatoms. The predicted octanol–water partition coefficient (Wildman–Crippen LogP) is 3.77. The van der Waals surface area contributed by atoms with E-state index in [4.69, 9.17) is 9.47 Å². The number of nitrogens with zero attached hydrogens (tertiary/aromatic N) is 1. The van der Waals surface area contributed by atoms with Gasteiger partial charge in [-0.25, -0.2) is 4.79 Å². The van der Waals surface area contributed by atoms with Gasteiger partial charge in [0.2, 0.25) is 5.91 Å². The lowest BCUT2D eigenvalue weighted by Crippen LogP contribution is -2.54. The normalized spacial score (nSPS) is 23.6. The maximum Gasteiger partial charge on any atom is 0.323 e. The first kappa shape index (κ1) is 24.1. The molecule has 1 aliphatic carbocycles. The summed E-state index contributed by atoms with van der Waals surface area (Å²) in [4.78, 5) is 39.9. The molecule has 1 saturated carbocycles. The van der Waals surface area contributed by atoms with Gasteiger partial charge < -0.3 is 30.3 Å². The Morgan fingerprint density at radius 3 is 2.53 bits per heavy atom. The zero-order chi connectivity index (χ0) is 25.1. The second-order valence-corrected chi connectivity index (χ2v) is 9.72. The van der Waals surface area contributed by atoms with E-state index in [1.807, 2.05) is 18.2 Å². The number of fused-ring (bicyclic) bond motifs is 2. The second-order valence-electron chi connectivity index (χ2n) is 9.72. The van der Waals surface area contributed by atoms with Crippen LogP contribution >= 0.6 is 0 Å². The molecule has 2 aromatic carbocycles. The number of rotatable bonds is 5. The van der Waals surface area contributed by atoms with Crippen LogP contribution in [0.2, 0.25) is 0 Å². The van der Waals surface area contributed by atoms with Crippen LogP contribution in [0.4, 0.5) is 16.2 Å². The van der Waals surface area contributed by atoms with Crippen LogP contribution in [0, 0.1) is 0 Å². The molecule has 3 N–H and O–H groups in total. The fourth-order valence-electron chi connectivity index (χ4n) is 4.97. The third-order valence-electron chi connectivity index (χ3n) is 7.18. The summed E-state index contributed by atoms with van der Waals surface area (Å²) >= 11 is 0. The fraction of sp³-hybridized carbons (Fsp3) is 0.444. The zero-order valence-electron chi connectivity index (χ0n) is 20.4. The molecule has 190 valence electrons. The van der Waals surface area contributed by atoms with Crippen molar-refractivity contribution in [2.24, 2.45) is 0 Å². The first-order chi connectivity index (χ1) is 17.5. The SMILES string of the molecule is CN1C(=O)c2cc(NC(=O)Nc3ccccc3)ccc2OC[C@@H]2O[C@@H](CC(=O)NC3CCC3)CC[C@@H]21. The molecule has 0 spiro atoms. The van der Waals surface area contributed by atoms with Gasteiger partial charge >= 0.3 is 6.03 Å². The monoisotopic (exact) mass is 492 g/mol. The Labute approximate surface area is 210 Å². The van der Waals surface area contributed by atoms with Gasteiger partial charge in [0.05, 0.1) is 24.1 Å². The van der Waals surface area contributed by atoms with E-state index in [0.29, 0.717) is 41.6 Å². The van der Waals surface area contributed by atoms with Crippen molar-refractivity contribution in [3.05, 3.63) is 54.1 Å². The van der Waals surface area contributed by atoms with Crippen molar-refractivity contribution in [1.29, 1.82) is 0 Å². The quantitative estimate of drug-likeness (QED) is 0.589. The standard InChI is InChI=1S/C27H32N4O5/c1-31-22-12-11-20(15-25(32)28-17-8-5-9-17)36-24(22)16-35-23-13-10-19(14-21(23)26(31)33)30-27(34)29-18-6-3-2-4-7-18/h2-4,6-7,10,13-14,17,20,22,24H,5,8-9,11-12,15-16H2,1H3,(H,28,32)(H2,29,30,34)/t20-,22+,24+/m1/s1. The summed E-state index contributed by atoms with van der Waals surface area (Å²) in [5.74, 6) is 0.269. The minimum atomic E-state index is -0.401. The topological polar surface area (TPSA) is 109 Å². The number of anilines is 2. The summed E-state index contributed by atoms with van der Waals surface area (Å²) in [6.45, 7) is 0.275. The van der Waals surface area contributed by atoms with Crippen LogP contribution in [-0.2, 0) is 9.53 Å². The molecule has 0 radical (unpaired) electrons. The molecule has 9 nitrogen and oxygen atoms in total. The number of carbonyl (C=O) groups is 3. The van der Waals surface area contributed by atoms with Crippen LogP contribution in [0.3, 0.4) is 0 Å². The molecule has 5 rings (SSSR count). The Balaban J connectivity index is 1.23. The number of hydrogen-bond donors (Lipinski definition) is 3. The molecule has 1 saturated heterocycles. The molecule has 3 aliphatic rings. The van der Waals surface area contributed by atoms with E-state index in [2.05, 4.69) is 16.0 Å². The highest BCUT2D eigenvalue weighted by Crippen LogP contribution is 2.32. The number of benzene rings is 2. The van der Waals surface area contributed by atoms with Gasteiger partial charge in [0, 0.05) is 24.5 Å². The number of carbonyl (C=O) groups excluding carboxylic acids is 3. The van der Waals surface area contributed by atoms with E-state index in [-0.39, 0.29) is 36.7 Å². The summed E-state index contributed by atoms with van der Waals surface area (Å²) in [5.41, 5.74) is 1.54. The molecule has 2 aromatic rings.